The minimum Gasteiger partial charge on any atom is -0.378 e. The molecule has 1 amide bonds. The predicted octanol–water partition coefficient (Wildman–Crippen LogP) is 0.551. The quantitative estimate of drug-likeness (QED) is 0.632. The highest BCUT2D eigenvalue weighted by Gasteiger charge is 2.27. The van der Waals surface area contributed by atoms with Gasteiger partial charge in [0.05, 0.1) is 18.6 Å². The fourth-order valence-corrected chi connectivity index (χ4v) is 1.54. The number of carbonyl (C=O) groups excluding carboxylic acids is 1. The number of terminal acetylenes is 1. The van der Waals surface area contributed by atoms with Crippen molar-refractivity contribution in [3.63, 3.8) is 0 Å². The molecule has 1 N–H and O–H groups in total. The smallest absolute Gasteiger partial charge is 0.226 e. The Morgan fingerprint density at radius 2 is 2.54 bits per heavy atom. The Morgan fingerprint density at radius 3 is 3.15 bits per heavy atom. The predicted molar refractivity (Wildman–Crippen MR) is 50.0 cm³/mol. The minimum absolute atomic E-state index is 0.0187. The van der Waals surface area contributed by atoms with Gasteiger partial charge in [0.2, 0.25) is 5.91 Å². The van der Waals surface area contributed by atoms with E-state index in [1.54, 1.807) is 0 Å². The largest absolute Gasteiger partial charge is 0.378 e. The Bertz CT molecular complexity index is 219. The number of hydrogen-bond donors (Lipinski definition) is 1. The highest BCUT2D eigenvalue weighted by Crippen LogP contribution is 2.20. The van der Waals surface area contributed by atoms with Crippen LogP contribution in [0.1, 0.15) is 19.8 Å². The van der Waals surface area contributed by atoms with Crippen molar-refractivity contribution in [1.82, 2.24) is 5.32 Å². The SMILES string of the molecule is C#CCNC(=O)[C@@H]1CCCO[C@@H]1C. The average Bonchev–Trinajstić information content (AvgIpc) is 2.15. The lowest BCUT2D eigenvalue weighted by Crippen LogP contribution is -2.40. The van der Waals surface area contributed by atoms with Crippen molar-refractivity contribution in [2.24, 2.45) is 5.92 Å². The van der Waals surface area contributed by atoms with Gasteiger partial charge < -0.3 is 10.1 Å². The lowest BCUT2D eigenvalue weighted by Gasteiger charge is -2.27. The van der Waals surface area contributed by atoms with E-state index in [2.05, 4.69) is 11.2 Å². The van der Waals surface area contributed by atoms with Gasteiger partial charge in [0.15, 0.2) is 0 Å². The summed E-state index contributed by atoms with van der Waals surface area (Å²) in [6, 6.07) is 0. The Kier molecular flexibility index (Phi) is 3.78. The highest BCUT2D eigenvalue weighted by atomic mass is 16.5. The van der Waals surface area contributed by atoms with E-state index < -0.39 is 0 Å². The molecule has 2 atom stereocenters. The van der Waals surface area contributed by atoms with Gasteiger partial charge in [-0.1, -0.05) is 5.92 Å². The van der Waals surface area contributed by atoms with Crippen LogP contribution in [0, 0.1) is 18.3 Å². The summed E-state index contributed by atoms with van der Waals surface area (Å²) in [6.07, 6.45) is 6.92. The molecule has 0 aromatic carbocycles. The van der Waals surface area contributed by atoms with Crippen LogP contribution >= 0.6 is 0 Å². The molecule has 0 aliphatic carbocycles. The lowest BCUT2D eigenvalue weighted by atomic mass is 9.94. The van der Waals surface area contributed by atoms with E-state index in [-0.39, 0.29) is 17.9 Å². The first-order chi connectivity index (χ1) is 6.25. The maximum Gasteiger partial charge on any atom is 0.226 e. The third-order valence-electron chi connectivity index (χ3n) is 2.31. The summed E-state index contributed by atoms with van der Waals surface area (Å²) in [4.78, 5) is 11.5. The van der Waals surface area contributed by atoms with E-state index in [1.807, 2.05) is 6.92 Å². The molecule has 0 aromatic rings. The number of ether oxygens (including phenoxy) is 1. The standard InChI is InChI=1S/C10H15NO2/c1-3-6-11-10(12)9-5-4-7-13-8(9)2/h1,8-9H,4-7H2,2H3,(H,11,12)/t8-,9-/m1/s1. The molecule has 0 spiro atoms. The van der Waals surface area contributed by atoms with E-state index in [9.17, 15) is 4.79 Å². The van der Waals surface area contributed by atoms with E-state index in [0.29, 0.717) is 6.54 Å². The van der Waals surface area contributed by atoms with Crippen LogP contribution in [-0.4, -0.2) is 25.2 Å². The summed E-state index contributed by atoms with van der Waals surface area (Å²) in [6.45, 7) is 3.00. The van der Waals surface area contributed by atoms with Crippen LogP contribution in [0.25, 0.3) is 0 Å². The Labute approximate surface area is 78.8 Å². The maximum atomic E-state index is 11.5. The molecule has 0 aromatic heterocycles. The molecule has 1 aliphatic heterocycles. The van der Waals surface area contributed by atoms with Gasteiger partial charge in [-0.25, -0.2) is 0 Å². The molecule has 1 fully saturated rings. The Balaban J connectivity index is 2.40. The summed E-state index contributed by atoms with van der Waals surface area (Å²) in [7, 11) is 0. The molecule has 72 valence electrons. The fourth-order valence-electron chi connectivity index (χ4n) is 1.54. The second-order valence-electron chi connectivity index (χ2n) is 3.25. The van der Waals surface area contributed by atoms with Crippen molar-refractivity contribution in [2.75, 3.05) is 13.2 Å². The van der Waals surface area contributed by atoms with Crippen LogP contribution in [0.15, 0.2) is 0 Å². The summed E-state index contributed by atoms with van der Waals surface area (Å²) < 4.78 is 5.38. The number of amides is 1. The zero-order valence-electron chi connectivity index (χ0n) is 7.88. The molecular formula is C10H15NO2. The molecule has 0 unspecified atom stereocenters. The zero-order valence-corrected chi connectivity index (χ0v) is 7.88. The van der Waals surface area contributed by atoms with Gasteiger partial charge in [-0.05, 0) is 19.8 Å². The lowest BCUT2D eigenvalue weighted by molar-refractivity contribution is -0.132. The topological polar surface area (TPSA) is 38.3 Å². The Hall–Kier alpha value is -1.01. The van der Waals surface area contributed by atoms with Crippen molar-refractivity contribution in [1.29, 1.82) is 0 Å². The number of carbonyl (C=O) groups is 1. The van der Waals surface area contributed by atoms with Crippen LogP contribution in [0.2, 0.25) is 0 Å². The second-order valence-corrected chi connectivity index (χ2v) is 3.25. The third kappa shape index (κ3) is 2.74. The third-order valence-corrected chi connectivity index (χ3v) is 2.31. The first-order valence-corrected chi connectivity index (χ1v) is 4.58. The molecular weight excluding hydrogens is 166 g/mol. The minimum atomic E-state index is -0.0258. The zero-order chi connectivity index (χ0) is 9.68. The van der Waals surface area contributed by atoms with E-state index in [1.165, 1.54) is 0 Å². The van der Waals surface area contributed by atoms with Crippen LogP contribution in [0.3, 0.4) is 0 Å². The molecule has 1 saturated heterocycles. The number of rotatable bonds is 2. The molecule has 1 aliphatic rings. The van der Waals surface area contributed by atoms with Gasteiger partial charge in [-0.3, -0.25) is 4.79 Å². The summed E-state index contributed by atoms with van der Waals surface area (Å²) >= 11 is 0. The van der Waals surface area contributed by atoms with Crippen molar-refractivity contribution < 1.29 is 9.53 Å². The van der Waals surface area contributed by atoms with Gasteiger partial charge in [-0.15, -0.1) is 6.42 Å². The summed E-state index contributed by atoms with van der Waals surface area (Å²) in [5.74, 6) is 2.37. The highest BCUT2D eigenvalue weighted by molar-refractivity contribution is 5.79. The molecule has 0 saturated carbocycles. The maximum absolute atomic E-state index is 11.5. The number of nitrogens with one attached hydrogen (secondary N) is 1. The van der Waals surface area contributed by atoms with Crippen molar-refractivity contribution in [3.8, 4) is 12.3 Å². The van der Waals surface area contributed by atoms with Gasteiger partial charge in [0.25, 0.3) is 0 Å². The van der Waals surface area contributed by atoms with Crippen LogP contribution in [0.4, 0.5) is 0 Å². The average molecular weight is 181 g/mol. The monoisotopic (exact) mass is 181 g/mol. The summed E-state index contributed by atoms with van der Waals surface area (Å²) in [5, 5.41) is 2.68. The molecule has 13 heavy (non-hydrogen) atoms. The molecule has 1 rings (SSSR count). The van der Waals surface area contributed by atoms with Gasteiger partial charge in [0.1, 0.15) is 0 Å². The molecule has 3 nitrogen and oxygen atoms in total. The second kappa shape index (κ2) is 4.88. The van der Waals surface area contributed by atoms with Gasteiger partial charge in [-0.2, -0.15) is 0 Å². The van der Waals surface area contributed by atoms with E-state index >= 15 is 0 Å². The van der Waals surface area contributed by atoms with Crippen molar-refractivity contribution >= 4 is 5.91 Å². The molecule has 1 heterocycles. The van der Waals surface area contributed by atoms with Gasteiger partial charge >= 0.3 is 0 Å². The molecule has 3 heteroatoms. The fraction of sp³-hybridized carbons (Fsp3) is 0.700. The molecule has 0 radical (unpaired) electrons. The Morgan fingerprint density at radius 1 is 1.77 bits per heavy atom. The molecule has 0 bridgehead atoms. The van der Waals surface area contributed by atoms with E-state index in [4.69, 9.17) is 11.2 Å². The number of hydrogen-bond acceptors (Lipinski definition) is 2. The summed E-state index contributed by atoms with van der Waals surface area (Å²) in [5.41, 5.74) is 0. The van der Waals surface area contributed by atoms with Crippen LogP contribution in [-0.2, 0) is 9.53 Å². The van der Waals surface area contributed by atoms with Crippen molar-refractivity contribution in [3.05, 3.63) is 0 Å². The van der Waals surface area contributed by atoms with Crippen LogP contribution < -0.4 is 5.32 Å². The normalized spacial score (nSPS) is 27.7. The van der Waals surface area contributed by atoms with Crippen LogP contribution in [0.5, 0.6) is 0 Å². The van der Waals surface area contributed by atoms with E-state index in [0.717, 1.165) is 19.4 Å². The first kappa shape index (κ1) is 10.1. The first-order valence-electron chi connectivity index (χ1n) is 4.58. The van der Waals surface area contributed by atoms with Crippen molar-refractivity contribution in [2.45, 2.75) is 25.9 Å². The van der Waals surface area contributed by atoms with Gasteiger partial charge in [0, 0.05) is 6.61 Å².